The second kappa shape index (κ2) is 5.23. The predicted octanol–water partition coefficient (Wildman–Crippen LogP) is 1.93. The molecule has 0 unspecified atom stereocenters. The Morgan fingerprint density at radius 1 is 1.25 bits per heavy atom. The second-order valence-corrected chi connectivity index (χ2v) is 5.12. The van der Waals surface area contributed by atoms with Gasteiger partial charge in [0.05, 0.1) is 4.88 Å². The highest BCUT2D eigenvalue weighted by Crippen LogP contribution is 2.11. The largest absolute Gasteiger partial charge is 0.396 e. The van der Waals surface area contributed by atoms with Crippen molar-refractivity contribution in [3.63, 3.8) is 0 Å². The minimum Gasteiger partial charge on any atom is -0.396 e. The van der Waals surface area contributed by atoms with Crippen LogP contribution in [-0.2, 0) is 13.0 Å². The van der Waals surface area contributed by atoms with Crippen molar-refractivity contribution < 1.29 is 9.67 Å². The van der Waals surface area contributed by atoms with Crippen LogP contribution in [0.25, 0.3) is 0 Å². The van der Waals surface area contributed by atoms with E-state index in [0.717, 1.165) is 13.0 Å². The molecule has 0 amide bonds. The van der Waals surface area contributed by atoms with Crippen molar-refractivity contribution >= 4 is 11.3 Å². The third kappa shape index (κ3) is 2.68. The zero-order valence-corrected chi connectivity index (χ0v) is 10.2. The average molecular weight is 234 g/mol. The molecule has 3 heteroatoms. The van der Waals surface area contributed by atoms with Gasteiger partial charge in [0, 0.05) is 25.5 Å². The van der Waals surface area contributed by atoms with E-state index in [9.17, 15) is 0 Å². The molecule has 1 aromatic carbocycles. The molecule has 2 aromatic rings. The van der Waals surface area contributed by atoms with E-state index in [1.165, 1.54) is 15.4 Å². The highest BCUT2D eigenvalue weighted by Gasteiger charge is 2.12. The van der Waals surface area contributed by atoms with Crippen LogP contribution in [0, 0.1) is 6.92 Å². The Bertz CT molecular complexity index is 450. The Morgan fingerprint density at radius 3 is 2.69 bits per heavy atom. The summed E-state index contributed by atoms with van der Waals surface area (Å²) in [5, 5.41) is 10.2. The molecule has 0 bridgehead atoms. The molecule has 0 aliphatic heterocycles. The molecule has 1 heterocycles. The number of nitrogens with zero attached hydrogens (tertiary/aromatic N) is 1. The molecule has 0 spiro atoms. The summed E-state index contributed by atoms with van der Waals surface area (Å²) >= 11 is 1.76. The molecule has 2 nitrogen and oxygen atoms in total. The number of rotatable bonds is 4. The van der Waals surface area contributed by atoms with Gasteiger partial charge in [-0.05, 0) is 0 Å². The minimum atomic E-state index is 0.227. The van der Waals surface area contributed by atoms with Crippen LogP contribution in [0.2, 0.25) is 0 Å². The van der Waals surface area contributed by atoms with E-state index < -0.39 is 0 Å². The SMILES string of the molecule is Cc1sc(CCO)c[n+]1Cc1ccccc1. The number of hydrogen-bond acceptors (Lipinski definition) is 2. The van der Waals surface area contributed by atoms with Crippen LogP contribution >= 0.6 is 11.3 Å². The number of benzene rings is 1. The van der Waals surface area contributed by atoms with Crippen LogP contribution in [0.4, 0.5) is 0 Å². The maximum atomic E-state index is 8.91. The summed E-state index contributed by atoms with van der Waals surface area (Å²) in [5.74, 6) is 0. The normalized spacial score (nSPS) is 10.6. The lowest BCUT2D eigenvalue weighted by Gasteiger charge is -1.95. The fourth-order valence-corrected chi connectivity index (χ4v) is 2.69. The standard InChI is InChI=1S/C13H16NOS/c1-11-14(10-13(16-11)7-8-15)9-12-5-3-2-4-6-12/h2-6,10,15H,7-9H2,1H3/q+1. The molecule has 16 heavy (non-hydrogen) atoms. The quantitative estimate of drug-likeness (QED) is 0.803. The molecule has 0 aliphatic rings. The van der Waals surface area contributed by atoms with Gasteiger partial charge in [-0.25, -0.2) is 0 Å². The molecule has 0 radical (unpaired) electrons. The molecule has 84 valence electrons. The minimum absolute atomic E-state index is 0.227. The van der Waals surface area contributed by atoms with E-state index in [1.807, 2.05) is 6.07 Å². The summed E-state index contributed by atoms with van der Waals surface area (Å²) in [4.78, 5) is 1.25. The Kier molecular flexibility index (Phi) is 3.70. The van der Waals surface area contributed by atoms with Crippen LogP contribution in [0.3, 0.4) is 0 Å². The van der Waals surface area contributed by atoms with Gasteiger partial charge in [-0.2, -0.15) is 4.57 Å². The lowest BCUT2D eigenvalue weighted by atomic mass is 10.2. The van der Waals surface area contributed by atoms with Crippen molar-refractivity contribution in [3.05, 3.63) is 52.0 Å². The maximum Gasteiger partial charge on any atom is 0.234 e. The van der Waals surface area contributed by atoms with Gasteiger partial charge in [-0.15, -0.1) is 0 Å². The second-order valence-electron chi connectivity index (χ2n) is 3.80. The molecular weight excluding hydrogens is 218 g/mol. The molecule has 0 saturated heterocycles. The zero-order valence-electron chi connectivity index (χ0n) is 9.39. The summed E-state index contributed by atoms with van der Waals surface area (Å²) in [6.07, 6.45) is 2.90. The Hall–Kier alpha value is -1.19. The van der Waals surface area contributed by atoms with Crippen LogP contribution in [0.1, 0.15) is 15.4 Å². The van der Waals surface area contributed by atoms with Gasteiger partial charge in [0.2, 0.25) is 5.01 Å². The first-order chi connectivity index (χ1) is 7.79. The van der Waals surface area contributed by atoms with E-state index in [0.29, 0.717) is 0 Å². The first-order valence-electron chi connectivity index (χ1n) is 5.43. The van der Waals surface area contributed by atoms with Crippen LogP contribution in [-0.4, -0.2) is 11.7 Å². The number of aryl methyl sites for hydroxylation is 1. The van der Waals surface area contributed by atoms with E-state index in [1.54, 1.807) is 11.3 Å². The first kappa shape index (κ1) is 11.3. The Labute approximate surface area is 99.8 Å². The van der Waals surface area contributed by atoms with E-state index in [4.69, 9.17) is 5.11 Å². The average Bonchev–Trinajstić information content (AvgIpc) is 2.61. The van der Waals surface area contributed by atoms with Crippen LogP contribution in [0.5, 0.6) is 0 Å². The van der Waals surface area contributed by atoms with E-state index in [2.05, 4.69) is 42.0 Å². The van der Waals surface area contributed by atoms with Crippen molar-refractivity contribution in [1.82, 2.24) is 0 Å². The molecular formula is C13H16NOS+. The zero-order chi connectivity index (χ0) is 11.4. The van der Waals surface area contributed by atoms with Crippen molar-refractivity contribution in [2.75, 3.05) is 6.61 Å². The highest BCUT2D eigenvalue weighted by molar-refractivity contribution is 7.11. The predicted molar refractivity (Wildman–Crippen MR) is 65.6 cm³/mol. The fraction of sp³-hybridized carbons (Fsp3) is 0.308. The number of thiazole rings is 1. The molecule has 1 N–H and O–H groups in total. The van der Waals surface area contributed by atoms with E-state index >= 15 is 0 Å². The molecule has 0 fully saturated rings. The van der Waals surface area contributed by atoms with Crippen molar-refractivity contribution in [2.45, 2.75) is 19.9 Å². The maximum absolute atomic E-state index is 8.91. The lowest BCUT2D eigenvalue weighted by Crippen LogP contribution is -2.34. The number of aliphatic hydroxyl groups excluding tert-OH is 1. The van der Waals surface area contributed by atoms with Gasteiger partial charge in [0.15, 0.2) is 12.7 Å². The Morgan fingerprint density at radius 2 is 2.00 bits per heavy atom. The van der Waals surface area contributed by atoms with Gasteiger partial charge in [0.25, 0.3) is 0 Å². The summed E-state index contributed by atoms with van der Waals surface area (Å²) in [7, 11) is 0. The molecule has 0 aliphatic carbocycles. The fourth-order valence-electron chi connectivity index (χ4n) is 1.70. The van der Waals surface area contributed by atoms with Gasteiger partial charge >= 0.3 is 0 Å². The van der Waals surface area contributed by atoms with E-state index in [-0.39, 0.29) is 6.61 Å². The molecule has 2 rings (SSSR count). The smallest absolute Gasteiger partial charge is 0.234 e. The van der Waals surface area contributed by atoms with Gasteiger partial charge < -0.3 is 5.11 Å². The Balaban J connectivity index is 2.15. The summed E-state index contributed by atoms with van der Waals surface area (Å²) in [6.45, 7) is 3.26. The number of aliphatic hydroxyl groups is 1. The number of aromatic nitrogens is 1. The molecule has 0 atom stereocenters. The molecule has 0 saturated carbocycles. The summed E-state index contributed by atoms with van der Waals surface area (Å²) < 4.78 is 2.24. The third-order valence-electron chi connectivity index (χ3n) is 2.54. The van der Waals surface area contributed by atoms with Gasteiger partial charge in [-0.3, -0.25) is 0 Å². The highest BCUT2D eigenvalue weighted by atomic mass is 32.1. The topological polar surface area (TPSA) is 24.1 Å². The summed E-state index contributed by atoms with van der Waals surface area (Å²) in [6, 6.07) is 10.4. The van der Waals surface area contributed by atoms with Crippen molar-refractivity contribution in [1.29, 1.82) is 0 Å². The van der Waals surface area contributed by atoms with Crippen molar-refractivity contribution in [3.8, 4) is 0 Å². The van der Waals surface area contributed by atoms with Crippen molar-refractivity contribution in [2.24, 2.45) is 0 Å². The lowest BCUT2D eigenvalue weighted by molar-refractivity contribution is -0.689. The van der Waals surface area contributed by atoms with Crippen LogP contribution in [0.15, 0.2) is 36.5 Å². The summed E-state index contributed by atoms with van der Waals surface area (Å²) in [5.41, 5.74) is 1.31. The van der Waals surface area contributed by atoms with Crippen LogP contribution < -0.4 is 4.57 Å². The van der Waals surface area contributed by atoms with Gasteiger partial charge in [-0.1, -0.05) is 41.7 Å². The number of hydrogen-bond donors (Lipinski definition) is 1. The molecule has 1 aromatic heterocycles. The third-order valence-corrected chi connectivity index (χ3v) is 3.64. The van der Waals surface area contributed by atoms with Gasteiger partial charge in [0.1, 0.15) is 0 Å². The monoisotopic (exact) mass is 234 g/mol. The first-order valence-corrected chi connectivity index (χ1v) is 6.25.